The third-order valence-corrected chi connectivity index (χ3v) is 3.57. The standard InChI is InChI=1S/C12H16N4O2S/c1-10(8-16-7-6-14-9-16)15-11-2-4-12(5-3-11)19(13,17)18/h2-7,9-10,15H,8H2,1H3,(H2,13,17,18). The molecule has 1 aromatic heterocycles. The Morgan fingerprint density at radius 1 is 1.37 bits per heavy atom. The first-order chi connectivity index (χ1) is 8.95. The molecule has 0 aliphatic carbocycles. The van der Waals surface area contributed by atoms with Gasteiger partial charge in [0, 0.05) is 30.7 Å². The lowest BCUT2D eigenvalue weighted by atomic mass is 10.2. The first-order valence-corrected chi connectivity index (χ1v) is 7.35. The number of hydrogen-bond donors (Lipinski definition) is 2. The molecule has 19 heavy (non-hydrogen) atoms. The Morgan fingerprint density at radius 3 is 2.58 bits per heavy atom. The van der Waals surface area contributed by atoms with Crippen molar-refractivity contribution in [2.45, 2.75) is 24.4 Å². The summed E-state index contributed by atoms with van der Waals surface area (Å²) in [6, 6.07) is 6.56. The zero-order chi connectivity index (χ0) is 13.9. The minimum atomic E-state index is -3.63. The number of rotatable bonds is 5. The summed E-state index contributed by atoms with van der Waals surface area (Å²) in [5, 5.41) is 8.31. The number of nitrogens with two attached hydrogens (primary N) is 1. The minimum absolute atomic E-state index is 0.111. The van der Waals surface area contributed by atoms with Gasteiger partial charge in [-0.3, -0.25) is 0 Å². The summed E-state index contributed by atoms with van der Waals surface area (Å²) >= 11 is 0. The molecule has 1 atom stereocenters. The number of primary sulfonamides is 1. The second-order valence-corrected chi connectivity index (χ2v) is 5.94. The Labute approximate surface area is 112 Å². The number of nitrogens with one attached hydrogen (secondary N) is 1. The van der Waals surface area contributed by atoms with Gasteiger partial charge in [-0.2, -0.15) is 0 Å². The summed E-state index contributed by atoms with van der Waals surface area (Å²) in [4.78, 5) is 4.09. The molecule has 0 aliphatic heterocycles. The Morgan fingerprint density at radius 2 is 2.05 bits per heavy atom. The zero-order valence-corrected chi connectivity index (χ0v) is 11.3. The van der Waals surface area contributed by atoms with Crippen LogP contribution in [0.15, 0.2) is 47.9 Å². The number of benzene rings is 1. The molecule has 6 nitrogen and oxygen atoms in total. The number of imidazole rings is 1. The van der Waals surface area contributed by atoms with E-state index in [-0.39, 0.29) is 10.9 Å². The summed E-state index contributed by atoms with van der Waals surface area (Å²) in [6.07, 6.45) is 5.37. The van der Waals surface area contributed by atoms with Gasteiger partial charge in [0.25, 0.3) is 0 Å². The van der Waals surface area contributed by atoms with Crippen molar-refractivity contribution in [3.63, 3.8) is 0 Å². The molecule has 2 rings (SSSR count). The third kappa shape index (κ3) is 3.80. The lowest BCUT2D eigenvalue weighted by Gasteiger charge is -2.15. The molecule has 0 saturated carbocycles. The Kier molecular flexibility index (Phi) is 3.87. The number of nitrogens with zero attached hydrogens (tertiary/aromatic N) is 2. The van der Waals surface area contributed by atoms with E-state index in [1.54, 1.807) is 24.7 Å². The molecule has 1 unspecified atom stereocenters. The molecule has 0 saturated heterocycles. The maximum absolute atomic E-state index is 11.1. The SMILES string of the molecule is CC(Cn1ccnc1)Nc1ccc(S(N)(=O)=O)cc1. The van der Waals surface area contributed by atoms with Crippen LogP contribution >= 0.6 is 0 Å². The molecule has 3 N–H and O–H groups in total. The average molecular weight is 280 g/mol. The van der Waals surface area contributed by atoms with E-state index in [0.29, 0.717) is 0 Å². The van der Waals surface area contributed by atoms with Gasteiger partial charge in [-0.25, -0.2) is 18.5 Å². The fourth-order valence-corrected chi connectivity index (χ4v) is 2.30. The van der Waals surface area contributed by atoms with Gasteiger partial charge in [-0.05, 0) is 31.2 Å². The zero-order valence-electron chi connectivity index (χ0n) is 10.5. The van der Waals surface area contributed by atoms with Gasteiger partial charge < -0.3 is 9.88 Å². The molecule has 2 aromatic rings. The predicted molar refractivity (Wildman–Crippen MR) is 73.1 cm³/mol. The Hall–Kier alpha value is -1.86. The summed E-state index contributed by atoms with van der Waals surface area (Å²) in [6.45, 7) is 2.81. The summed E-state index contributed by atoms with van der Waals surface area (Å²) < 4.78 is 24.2. The molecule has 0 aliphatic rings. The van der Waals surface area contributed by atoms with Gasteiger partial charge in [-0.1, -0.05) is 0 Å². The summed E-state index contributed by atoms with van der Waals surface area (Å²) in [5.74, 6) is 0. The Bertz CT molecular complexity index is 620. The molecule has 0 bridgehead atoms. The molecule has 0 spiro atoms. The van der Waals surface area contributed by atoms with E-state index >= 15 is 0 Å². The fraction of sp³-hybridized carbons (Fsp3) is 0.250. The topological polar surface area (TPSA) is 90.0 Å². The van der Waals surface area contributed by atoms with Crippen molar-refractivity contribution in [2.24, 2.45) is 5.14 Å². The van der Waals surface area contributed by atoms with Crippen molar-refractivity contribution in [2.75, 3.05) is 5.32 Å². The summed E-state index contributed by atoms with van der Waals surface area (Å²) in [7, 11) is -3.63. The van der Waals surface area contributed by atoms with Crippen molar-refractivity contribution in [1.82, 2.24) is 9.55 Å². The van der Waals surface area contributed by atoms with Crippen LogP contribution in [0.2, 0.25) is 0 Å². The van der Waals surface area contributed by atoms with Crippen molar-refractivity contribution in [3.05, 3.63) is 43.0 Å². The van der Waals surface area contributed by atoms with Gasteiger partial charge >= 0.3 is 0 Å². The van der Waals surface area contributed by atoms with E-state index in [1.165, 1.54) is 12.1 Å². The van der Waals surface area contributed by atoms with Crippen molar-refractivity contribution >= 4 is 15.7 Å². The molecule has 102 valence electrons. The van der Waals surface area contributed by atoms with Crippen LogP contribution in [0.5, 0.6) is 0 Å². The van der Waals surface area contributed by atoms with Crippen molar-refractivity contribution < 1.29 is 8.42 Å². The highest BCUT2D eigenvalue weighted by molar-refractivity contribution is 7.89. The maximum Gasteiger partial charge on any atom is 0.238 e. The van der Waals surface area contributed by atoms with E-state index in [4.69, 9.17) is 5.14 Å². The first-order valence-electron chi connectivity index (χ1n) is 5.80. The Balaban J connectivity index is 1.99. The number of anilines is 1. The highest BCUT2D eigenvalue weighted by Gasteiger charge is 2.08. The van der Waals surface area contributed by atoms with Crippen LogP contribution < -0.4 is 10.5 Å². The average Bonchev–Trinajstić information content (AvgIpc) is 2.81. The van der Waals surface area contributed by atoms with Crippen LogP contribution in [-0.4, -0.2) is 24.0 Å². The van der Waals surface area contributed by atoms with E-state index in [1.807, 2.05) is 17.7 Å². The molecule has 0 amide bonds. The van der Waals surface area contributed by atoms with Crippen LogP contribution in [-0.2, 0) is 16.6 Å². The quantitative estimate of drug-likeness (QED) is 0.856. The van der Waals surface area contributed by atoms with Crippen molar-refractivity contribution in [1.29, 1.82) is 0 Å². The normalized spacial score (nSPS) is 13.2. The van der Waals surface area contributed by atoms with E-state index in [0.717, 1.165) is 12.2 Å². The monoisotopic (exact) mass is 280 g/mol. The third-order valence-electron chi connectivity index (χ3n) is 2.64. The lowest BCUT2D eigenvalue weighted by Crippen LogP contribution is -2.21. The molecule has 0 radical (unpaired) electrons. The lowest BCUT2D eigenvalue weighted by molar-refractivity contribution is 0.598. The smallest absolute Gasteiger partial charge is 0.238 e. The number of hydrogen-bond acceptors (Lipinski definition) is 4. The molecular weight excluding hydrogens is 264 g/mol. The van der Waals surface area contributed by atoms with Crippen LogP contribution in [0.1, 0.15) is 6.92 Å². The largest absolute Gasteiger partial charge is 0.381 e. The van der Waals surface area contributed by atoms with Gasteiger partial charge in [0.2, 0.25) is 10.0 Å². The number of sulfonamides is 1. The molecule has 7 heteroatoms. The van der Waals surface area contributed by atoms with Gasteiger partial charge in [0.05, 0.1) is 11.2 Å². The second kappa shape index (κ2) is 5.41. The van der Waals surface area contributed by atoms with Gasteiger partial charge in [0.1, 0.15) is 0 Å². The van der Waals surface area contributed by atoms with Crippen LogP contribution in [0, 0.1) is 0 Å². The van der Waals surface area contributed by atoms with E-state index in [9.17, 15) is 8.42 Å². The molecular formula is C12H16N4O2S. The molecule has 0 fully saturated rings. The van der Waals surface area contributed by atoms with Gasteiger partial charge in [-0.15, -0.1) is 0 Å². The second-order valence-electron chi connectivity index (χ2n) is 4.37. The highest BCUT2D eigenvalue weighted by Crippen LogP contribution is 2.13. The molecule has 1 heterocycles. The van der Waals surface area contributed by atoms with Crippen molar-refractivity contribution in [3.8, 4) is 0 Å². The van der Waals surface area contributed by atoms with Crippen LogP contribution in [0.4, 0.5) is 5.69 Å². The first kappa shape index (κ1) is 13.6. The maximum atomic E-state index is 11.1. The summed E-state index contributed by atoms with van der Waals surface area (Å²) in [5.41, 5.74) is 0.847. The number of aromatic nitrogens is 2. The van der Waals surface area contributed by atoms with E-state index < -0.39 is 10.0 Å². The molecule has 1 aromatic carbocycles. The fourth-order valence-electron chi connectivity index (χ4n) is 1.78. The minimum Gasteiger partial charge on any atom is -0.381 e. The van der Waals surface area contributed by atoms with Crippen LogP contribution in [0.3, 0.4) is 0 Å². The predicted octanol–water partition coefficient (Wildman–Crippen LogP) is 1.03. The highest BCUT2D eigenvalue weighted by atomic mass is 32.2. The van der Waals surface area contributed by atoms with E-state index in [2.05, 4.69) is 10.3 Å². The van der Waals surface area contributed by atoms with Crippen LogP contribution in [0.25, 0.3) is 0 Å². The van der Waals surface area contributed by atoms with Gasteiger partial charge in [0.15, 0.2) is 0 Å².